The molecule has 2 rings (SSSR count). The summed E-state index contributed by atoms with van der Waals surface area (Å²) in [5.41, 5.74) is 1.28. The number of aromatic carboxylic acids is 1. The van der Waals surface area contributed by atoms with Crippen LogP contribution in [0, 0.1) is 0 Å². The Kier molecular flexibility index (Phi) is 6.03. The van der Waals surface area contributed by atoms with Crippen LogP contribution in [0.3, 0.4) is 0 Å². The zero-order valence-electron chi connectivity index (χ0n) is 13.0. The fourth-order valence-electron chi connectivity index (χ4n) is 2.14. The standard InChI is InChI=1S/C16H21N3O2S/c1-3-4-9-19(2)10-7-13-18-14(15(22-13)16(20)21)12-6-5-8-17-11-12/h5-6,8,11H,3-4,7,9-10H2,1-2H3,(H,20,21). The first-order chi connectivity index (χ1) is 10.6. The van der Waals surface area contributed by atoms with Crippen molar-refractivity contribution in [3.8, 4) is 11.3 Å². The van der Waals surface area contributed by atoms with Crippen LogP contribution in [0.25, 0.3) is 11.3 Å². The third-order valence-electron chi connectivity index (χ3n) is 3.40. The fraction of sp³-hybridized carbons (Fsp3) is 0.438. The highest BCUT2D eigenvalue weighted by Crippen LogP contribution is 2.28. The third kappa shape index (κ3) is 4.35. The number of rotatable bonds is 8. The van der Waals surface area contributed by atoms with Gasteiger partial charge in [-0.25, -0.2) is 9.78 Å². The average Bonchev–Trinajstić information content (AvgIpc) is 2.96. The van der Waals surface area contributed by atoms with Gasteiger partial charge in [0.15, 0.2) is 0 Å². The molecule has 0 aliphatic carbocycles. The smallest absolute Gasteiger partial charge is 0.348 e. The molecule has 1 N–H and O–H groups in total. The highest BCUT2D eigenvalue weighted by Gasteiger charge is 2.18. The second-order valence-electron chi connectivity index (χ2n) is 5.24. The molecule has 0 atom stereocenters. The van der Waals surface area contributed by atoms with Crippen molar-refractivity contribution in [3.05, 3.63) is 34.4 Å². The molecule has 0 spiro atoms. The van der Waals surface area contributed by atoms with Crippen LogP contribution in [0.2, 0.25) is 0 Å². The first-order valence-electron chi connectivity index (χ1n) is 7.43. The van der Waals surface area contributed by atoms with Gasteiger partial charge in [0.2, 0.25) is 0 Å². The van der Waals surface area contributed by atoms with Crippen LogP contribution in [0.1, 0.15) is 34.4 Å². The SMILES string of the molecule is CCCCN(C)CCc1nc(-c2cccnc2)c(C(=O)O)s1. The molecule has 22 heavy (non-hydrogen) atoms. The summed E-state index contributed by atoms with van der Waals surface area (Å²) in [7, 11) is 2.09. The van der Waals surface area contributed by atoms with Gasteiger partial charge in [-0.15, -0.1) is 11.3 Å². The predicted molar refractivity (Wildman–Crippen MR) is 88.4 cm³/mol. The lowest BCUT2D eigenvalue weighted by Gasteiger charge is -2.14. The first kappa shape index (κ1) is 16.6. The maximum Gasteiger partial charge on any atom is 0.348 e. The van der Waals surface area contributed by atoms with E-state index in [2.05, 4.69) is 28.8 Å². The number of hydrogen-bond donors (Lipinski definition) is 1. The number of nitrogens with zero attached hydrogens (tertiary/aromatic N) is 3. The van der Waals surface area contributed by atoms with Gasteiger partial charge in [0.05, 0.1) is 10.7 Å². The van der Waals surface area contributed by atoms with Gasteiger partial charge < -0.3 is 10.0 Å². The van der Waals surface area contributed by atoms with Gasteiger partial charge in [-0.1, -0.05) is 13.3 Å². The number of carbonyl (C=O) groups is 1. The van der Waals surface area contributed by atoms with E-state index in [4.69, 9.17) is 0 Å². The van der Waals surface area contributed by atoms with Crippen molar-refractivity contribution in [2.45, 2.75) is 26.2 Å². The summed E-state index contributed by atoms with van der Waals surface area (Å²) in [5, 5.41) is 10.2. The van der Waals surface area contributed by atoms with Crippen LogP contribution < -0.4 is 0 Å². The molecule has 0 saturated carbocycles. The van der Waals surface area contributed by atoms with E-state index in [1.165, 1.54) is 24.2 Å². The fourth-order valence-corrected chi connectivity index (χ4v) is 3.05. The van der Waals surface area contributed by atoms with Gasteiger partial charge in [0.1, 0.15) is 4.88 Å². The molecule has 0 fully saturated rings. The van der Waals surface area contributed by atoms with Gasteiger partial charge in [-0.2, -0.15) is 0 Å². The summed E-state index contributed by atoms with van der Waals surface area (Å²) in [6.45, 7) is 4.12. The van der Waals surface area contributed by atoms with Crippen molar-refractivity contribution in [2.75, 3.05) is 20.1 Å². The van der Waals surface area contributed by atoms with E-state index < -0.39 is 5.97 Å². The van der Waals surface area contributed by atoms with E-state index in [0.29, 0.717) is 10.6 Å². The summed E-state index contributed by atoms with van der Waals surface area (Å²) in [6.07, 6.45) is 6.44. The van der Waals surface area contributed by atoms with Crippen LogP contribution in [0.15, 0.2) is 24.5 Å². The quantitative estimate of drug-likeness (QED) is 0.809. The van der Waals surface area contributed by atoms with Crippen LogP contribution in [-0.4, -0.2) is 46.1 Å². The van der Waals surface area contributed by atoms with E-state index in [0.717, 1.165) is 30.1 Å². The van der Waals surface area contributed by atoms with E-state index in [9.17, 15) is 9.90 Å². The van der Waals surface area contributed by atoms with Gasteiger partial charge >= 0.3 is 5.97 Å². The van der Waals surface area contributed by atoms with E-state index in [1.807, 2.05) is 6.07 Å². The first-order valence-corrected chi connectivity index (χ1v) is 8.25. The molecule has 0 aliphatic heterocycles. The molecule has 2 aromatic heterocycles. The van der Waals surface area contributed by atoms with Crippen LogP contribution in [0.4, 0.5) is 0 Å². The Morgan fingerprint density at radius 2 is 2.23 bits per heavy atom. The van der Waals surface area contributed by atoms with Gasteiger partial charge in [-0.3, -0.25) is 4.98 Å². The monoisotopic (exact) mass is 319 g/mol. The molecular weight excluding hydrogens is 298 g/mol. The minimum Gasteiger partial charge on any atom is -0.477 e. The minimum atomic E-state index is -0.929. The lowest BCUT2D eigenvalue weighted by molar-refractivity contribution is 0.0702. The number of hydrogen-bond acceptors (Lipinski definition) is 5. The molecule has 0 aliphatic rings. The highest BCUT2D eigenvalue weighted by atomic mass is 32.1. The molecule has 0 bridgehead atoms. The predicted octanol–water partition coefficient (Wildman–Crippen LogP) is 3.18. The Bertz CT molecular complexity index is 613. The topological polar surface area (TPSA) is 66.3 Å². The largest absolute Gasteiger partial charge is 0.477 e. The Hall–Kier alpha value is -1.79. The Morgan fingerprint density at radius 3 is 2.86 bits per heavy atom. The summed E-state index contributed by atoms with van der Waals surface area (Å²) in [5.74, 6) is -0.929. The van der Waals surface area contributed by atoms with Crippen LogP contribution in [0.5, 0.6) is 0 Å². The number of likely N-dealkylation sites (N-methyl/N-ethyl adjacent to an activating group) is 1. The number of carboxylic acid groups (broad SMARTS) is 1. The zero-order valence-corrected chi connectivity index (χ0v) is 13.8. The highest BCUT2D eigenvalue weighted by molar-refractivity contribution is 7.14. The summed E-state index contributed by atoms with van der Waals surface area (Å²) >= 11 is 1.26. The van der Waals surface area contributed by atoms with Crippen molar-refractivity contribution >= 4 is 17.3 Å². The van der Waals surface area contributed by atoms with Crippen LogP contribution >= 0.6 is 11.3 Å². The average molecular weight is 319 g/mol. The summed E-state index contributed by atoms with van der Waals surface area (Å²) < 4.78 is 0. The lowest BCUT2D eigenvalue weighted by atomic mass is 10.2. The van der Waals surface area contributed by atoms with Crippen molar-refractivity contribution in [1.82, 2.24) is 14.9 Å². The van der Waals surface area contributed by atoms with Gasteiger partial charge in [0, 0.05) is 30.9 Å². The van der Waals surface area contributed by atoms with E-state index >= 15 is 0 Å². The molecule has 0 saturated heterocycles. The normalized spacial score (nSPS) is 11.0. The molecule has 118 valence electrons. The minimum absolute atomic E-state index is 0.291. The molecule has 0 amide bonds. The van der Waals surface area contributed by atoms with Crippen molar-refractivity contribution in [1.29, 1.82) is 0 Å². The second-order valence-corrected chi connectivity index (χ2v) is 6.32. The lowest BCUT2D eigenvalue weighted by Crippen LogP contribution is -2.22. The Balaban J connectivity index is 2.12. The molecule has 0 radical (unpaired) electrons. The number of thiazole rings is 1. The van der Waals surface area contributed by atoms with E-state index in [1.54, 1.807) is 18.5 Å². The summed E-state index contributed by atoms with van der Waals surface area (Å²) in [4.78, 5) is 22.5. The molecule has 5 nitrogen and oxygen atoms in total. The Labute approximate surface area is 134 Å². The van der Waals surface area contributed by atoms with Crippen LogP contribution in [-0.2, 0) is 6.42 Å². The maximum atomic E-state index is 11.4. The Morgan fingerprint density at radius 1 is 1.41 bits per heavy atom. The summed E-state index contributed by atoms with van der Waals surface area (Å²) in [6, 6.07) is 3.63. The van der Waals surface area contributed by atoms with Crippen molar-refractivity contribution in [3.63, 3.8) is 0 Å². The van der Waals surface area contributed by atoms with Crippen molar-refractivity contribution < 1.29 is 9.90 Å². The van der Waals surface area contributed by atoms with E-state index in [-0.39, 0.29) is 0 Å². The number of unbranched alkanes of at least 4 members (excludes halogenated alkanes) is 1. The maximum absolute atomic E-state index is 11.4. The van der Waals surface area contributed by atoms with Gasteiger partial charge in [0.25, 0.3) is 0 Å². The zero-order chi connectivity index (χ0) is 15.9. The molecular formula is C16H21N3O2S. The third-order valence-corrected chi connectivity index (χ3v) is 4.50. The molecule has 6 heteroatoms. The number of pyridine rings is 1. The number of aromatic nitrogens is 2. The molecule has 0 unspecified atom stereocenters. The molecule has 2 aromatic rings. The second kappa shape index (κ2) is 8.00. The molecule has 0 aromatic carbocycles. The van der Waals surface area contributed by atoms with Gasteiger partial charge in [-0.05, 0) is 32.1 Å². The number of carboxylic acids is 1. The molecule has 2 heterocycles. The van der Waals surface area contributed by atoms with Crippen molar-refractivity contribution in [2.24, 2.45) is 0 Å².